The van der Waals surface area contributed by atoms with Crippen LogP contribution in [0.3, 0.4) is 0 Å². The third-order valence-electron chi connectivity index (χ3n) is 4.83. The fraction of sp³-hybridized carbons (Fsp3) is 0.238. The Morgan fingerprint density at radius 1 is 1.19 bits per heavy atom. The van der Waals surface area contributed by atoms with Crippen LogP contribution in [-0.4, -0.2) is 29.4 Å². The number of likely N-dealkylation sites (tertiary alicyclic amines) is 1. The van der Waals surface area contributed by atoms with Crippen molar-refractivity contribution < 1.29 is 13.9 Å². The Labute approximate surface area is 161 Å². The maximum Gasteiger partial charge on any atom is 0.273 e. The molecule has 0 saturated carbocycles. The second kappa shape index (κ2) is 7.48. The van der Waals surface area contributed by atoms with Crippen molar-refractivity contribution in [1.29, 1.82) is 0 Å². The molecule has 1 amide bonds. The highest BCUT2D eigenvalue weighted by Crippen LogP contribution is 2.34. The third-order valence-corrected chi connectivity index (χ3v) is 5.72. The maximum atomic E-state index is 13.1. The molecular weight excluding hydrogens is 363 g/mol. The number of amides is 1. The summed E-state index contributed by atoms with van der Waals surface area (Å²) in [6, 6.07) is 14.1. The van der Waals surface area contributed by atoms with E-state index in [1.165, 1.54) is 23.5 Å². The van der Waals surface area contributed by atoms with Gasteiger partial charge in [0.15, 0.2) is 0 Å². The van der Waals surface area contributed by atoms with E-state index in [2.05, 4.69) is 4.98 Å². The maximum absolute atomic E-state index is 13.1. The number of carbonyl (C=O) groups is 1. The molecule has 1 atom stereocenters. The first-order valence-corrected chi connectivity index (χ1v) is 9.70. The van der Waals surface area contributed by atoms with E-state index in [0.717, 1.165) is 41.3 Å². The van der Waals surface area contributed by atoms with Crippen molar-refractivity contribution in [3.05, 3.63) is 71.0 Å². The molecule has 1 unspecified atom stereocenters. The van der Waals surface area contributed by atoms with Gasteiger partial charge in [0.25, 0.3) is 5.91 Å². The first-order valence-electron chi connectivity index (χ1n) is 8.82. The Morgan fingerprint density at radius 2 is 1.93 bits per heavy atom. The van der Waals surface area contributed by atoms with Crippen LogP contribution >= 0.6 is 11.3 Å². The molecule has 1 saturated heterocycles. The summed E-state index contributed by atoms with van der Waals surface area (Å²) in [6.07, 6.45) is 1.91. The molecule has 0 N–H and O–H groups in total. The molecule has 1 aromatic heterocycles. The van der Waals surface area contributed by atoms with E-state index in [-0.39, 0.29) is 17.8 Å². The first kappa shape index (κ1) is 17.7. The number of hydrogen-bond acceptors (Lipinski definition) is 4. The van der Waals surface area contributed by atoms with Gasteiger partial charge in [-0.25, -0.2) is 9.37 Å². The number of halogens is 1. The lowest BCUT2D eigenvalue weighted by Gasteiger charge is -2.24. The minimum atomic E-state index is -0.286. The van der Waals surface area contributed by atoms with Crippen LogP contribution in [0.15, 0.2) is 53.9 Å². The molecule has 4 rings (SSSR count). The summed E-state index contributed by atoms with van der Waals surface area (Å²) in [5.41, 5.74) is 2.36. The van der Waals surface area contributed by atoms with Crippen LogP contribution in [0.5, 0.6) is 5.75 Å². The minimum absolute atomic E-state index is 0.0550. The molecule has 1 aliphatic rings. The Bertz CT molecular complexity index is 938. The van der Waals surface area contributed by atoms with Crippen molar-refractivity contribution in [3.8, 4) is 16.3 Å². The molecule has 1 fully saturated rings. The first-order chi connectivity index (χ1) is 13.2. The Hall–Kier alpha value is -2.73. The van der Waals surface area contributed by atoms with Crippen LogP contribution in [0.1, 0.15) is 34.9 Å². The van der Waals surface area contributed by atoms with Crippen LogP contribution in [0.2, 0.25) is 0 Å². The predicted octanol–water partition coefficient (Wildman–Crippen LogP) is 4.94. The fourth-order valence-corrected chi connectivity index (χ4v) is 4.23. The van der Waals surface area contributed by atoms with Crippen LogP contribution in [-0.2, 0) is 0 Å². The number of hydrogen-bond donors (Lipinski definition) is 0. The van der Waals surface area contributed by atoms with Crippen molar-refractivity contribution in [2.75, 3.05) is 13.7 Å². The molecule has 138 valence electrons. The number of thiazole rings is 1. The van der Waals surface area contributed by atoms with Gasteiger partial charge >= 0.3 is 0 Å². The summed E-state index contributed by atoms with van der Waals surface area (Å²) in [4.78, 5) is 19.4. The van der Waals surface area contributed by atoms with Gasteiger partial charge in [0.05, 0.1) is 13.2 Å². The van der Waals surface area contributed by atoms with Gasteiger partial charge in [-0.05, 0) is 54.8 Å². The van der Waals surface area contributed by atoms with Gasteiger partial charge in [0.1, 0.15) is 22.3 Å². The van der Waals surface area contributed by atoms with Crippen LogP contribution in [0.4, 0.5) is 4.39 Å². The van der Waals surface area contributed by atoms with Gasteiger partial charge in [-0.2, -0.15) is 0 Å². The monoisotopic (exact) mass is 382 g/mol. The van der Waals surface area contributed by atoms with Crippen LogP contribution < -0.4 is 4.74 Å². The topological polar surface area (TPSA) is 42.4 Å². The van der Waals surface area contributed by atoms with Gasteiger partial charge in [0.2, 0.25) is 0 Å². The van der Waals surface area contributed by atoms with Gasteiger partial charge in [0, 0.05) is 17.5 Å². The number of methoxy groups -OCH3 is 1. The highest BCUT2D eigenvalue weighted by Gasteiger charge is 2.31. The molecule has 27 heavy (non-hydrogen) atoms. The zero-order chi connectivity index (χ0) is 18.8. The SMILES string of the molecule is COc1ccc(C2CCCN2C(=O)c2csc(-c3ccc(F)cc3)n2)cc1. The molecule has 1 aliphatic heterocycles. The van der Waals surface area contributed by atoms with Gasteiger partial charge in [-0.1, -0.05) is 12.1 Å². The molecule has 3 aromatic rings. The number of carbonyl (C=O) groups excluding carboxylic acids is 1. The van der Waals surface area contributed by atoms with Crippen molar-refractivity contribution in [2.45, 2.75) is 18.9 Å². The summed E-state index contributed by atoms with van der Waals surface area (Å²) in [5.74, 6) is 0.460. The predicted molar refractivity (Wildman–Crippen MR) is 104 cm³/mol. The van der Waals surface area contributed by atoms with E-state index in [9.17, 15) is 9.18 Å². The van der Waals surface area contributed by atoms with Crippen LogP contribution in [0.25, 0.3) is 10.6 Å². The average molecular weight is 382 g/mol. The zero-order valence-electron chi connectivity index (χ0n) is 14.9. The molecule has 6 heteroatoms. The largest absolute Gasteiger partial charge is 0.497 e. The number of rotatable bonds is 4. The number of nitrogens with zero attached hydrogens (tertiary/aromatic N) is 2. The molecule has 0 radical (unpaired) electrons. The molecule has 4 nitrogen and oxygen atoms in total. The van der Waals surface area contributed by atoms with Crippen molar-refractivity contribution in [2.24, 2.45) is 0 Å². The minimum Gasteiger partial charge on any atom is -0.497 e. The average Bonchev–Trinajstić information content (AvgIpc) is 3.38. The van der Waals surface area contributed by atoms with Crippen molar-refractivity contribution >= 4 is 17.2 Å². The molecule has 2 heterocycles. The number of ether oxygens (including phenoxy) is 1. The van der Waals surface area contributed by atoms with Gasteiger partial charge < -0.3 is 9.64 Å². The summed E-state index contributed by atoms with van der Waals surface area (Å²) in [6.45, 7) is 0.721. The van der Waals surface area contributed by atoms with E-state index in [4.69, 9.17) is 4.74 Å². The van der Waals surface area contributed by atoms with Crippen LogP contribution in [0, 0.1) is 5.82 Å². The van der Waals surface area contributed by atoms with Gasteiger partial charge in [-0.3, -0.25) is 4.79 Å². The van der Waals surface area contributed by atoms with E-state index in [1.54, 1.807) is 24.6 Å². The standard InChI is InChI=1S/C21H19FN2O2S/c1-26-17-10-6-14(7-11-17)19-3-2-12-24(19)21(25)18-13-27-20(23-18)15-4-8-16(22)9-5-15/h4-11,13,19H,2-3,12H2,1H3. The summed E-state index contributed by atoms with van der Waals surface area (Å²) >= 11 is 1.40. The molecular formula is C21H19FN2O2S. The molecule has 2 aromatic carbocycles. The second-order valence-corrected chi connectivity index (χ2v) is 7.33. The van der Waals surface area contributed by atoms with E-state index in [0.29, 0.717) is 5.69 Å². The number of benzene rings is 2. The lowest BCUT2D eigenvalue weighted by atomic mass is 10.0. The van der Waals surface area contributed by atoms with Gasteiger partial charge in [-0.15, -0.1) is 11.3 Å². The van der Waals surface area contributed by atoms with E-state index >= 15 is 0 Å². The van der Waals surface area contributed by atoms with Crippen molar-refractivity contribution in [1.82, 2.24) is 9.88 Å². The molecule has 0 aliphatic carbocycles. The summed E-state index contributed by atoms with van der Waals surface area (Å²) in [7, 11) is 1.64. The molecule has 0 spiro atoms. The quantitative estimate of drug-likeness (QED) is 0.642. The fourth-order valence-electron chi connectivity index (χ4n) is 3.43. The lowest BCUT2D eigenvalue weighted by molar-refractivity contribution is 0.0730. The van der Waals surface area contributed by atoms with Crippen molar-refractivity contribution in [3.63, 3.8) is 0 Å². The highest BCUT2D eigenvalue weighted by atomic mass is 32.1. The highest BCUT2D eigenvalue weighted by molar-refractivity contribution is 7.13. The summed E-state index contributed by atoms with van der Waals surface area (Å²) in [5, 5.41) is 2.50. The zero-order valence-corrected chi connectivity index (χ0v) is 15.7. The lowest BCUT2D eigenvalue weighted by Crippen LogP contribution is -2.30. The Morgan fingerprint density at radius 3 is 2.63 bits per heavy atom. The summed E-state index contributed by atoms with van der Waals surface area (Å²) < 4.78 is 18.3. The Kier molecular flexibility index (Phi) is 4.90. The molecule has 0 bridgehead atoms. The third kappa shape index (κ3) is 3.57. The normalized spacial score (nSPS) is 16.5. The smallest absolute Gasteiger partial charge is 0.273 e. The second-order valence-electron chi connectivity index (χ2n) is 6.47. The van der Waals surface area contributed by atoms with E-state index < -0.39 is 0 Å². The Balaban J connectivity index is 1.55. The van der Waals surface area contributed by atoms with E-state index in [1.807, 2.05) is 29.2 Å². The number of aromatic nitrogens is 1.